The summed E-state index contributed by atoms with van der Waals surface area (Å²) in [6.07, 6.45) is 1.35. The Morgan fingerprint density at radius 3 is 1.96 bits per heavy atom. The van der Waals surface area contributed by atoms with E-state index in [0.717, 1.165) is 12.1 Å². The third-order valence-electron chi connectivity index (χ3n) is 3.40. The molecule has 9 nitrogen and oxygen atoms in total. The summed E-state index contributed by atoms with van der Waals surface area (Å²) in [4.78, 5) is 12.0. The summed E-state index contributed by atoms with van der Waals surface area (Å²) >= 11 is 0. The second-order valence-corrected chi connectivity index (χ2v) is 5.02. The number of hydrogen-bond acceptors (Lipinski definition) is 8. The minimum atomic E-state index is -0.706. The van der Waals surface area contributed by atoms with Crippen LogP contribution in [-0.4, -0.2) is 48.8 Å². The fourth-order valence-electron chi connectivity index (χ4n) is 2.14. The molecule has 0 aliphatic carbocycles. The van der Waals surface area contributed by atoms with Crippen molar-refractivity contribution in [2.24, 2.45) is 5.10 Å². The van der Waals surface area contributed by atoms with Gasteiger partial charge in [-0.3, -0.25) is 4.79 Å². The van der Waals surface area contributed by atoms with Crippen LogP contribution in [0.5, 0.6) is 34.5 Å². The number of rotatable bonds is 6. The molecule has 0 aromatic heterocycles. The highest BCUT2D eigenvalue weighted by atomic mass is 16.5. The molecule has 0 spiro atoms. The van der Waals surface area contributed by atoms with E-state index in [1.54, 1.807) is 12.1 Å². The molecule has 1 amide bonds. The molecule has 0 radical (unpaired) electrons. The zero-order chi connectivity index (χ0) is 19.3. The van der Waals surface area contributed by atoms with Crippen LogP contribution >= 0.6 is 0 Å². The van der Waals surface area contributed by atoms with Gasteiger partial charge in [0.15, 0.2) is 28.7 Å². The first-order valence-corrected chi connectivity index (χ1v) is 7.29. The molecule has 0 heterocycles. The molecule has 9 heteroatoms. The topological polar surface area (TPSA) is 130 Å². The van der Waals surface area contributed by atoms with Crippen LogP contribution in [0.25, 0.3) is 0 Å². The lowest BCUT2D eigenvalue weighted by Crippen LogP contribution is -2.17. The molecule has 138 valence electrons. The molecule has 26 heavy (non-hydrogen) atoms. The molecule has 2 aromatic rings. The van der Waals surface area contributed by atoms with E-state index in [0.29, 0.717) is 22.8 Å². The first-order valence-electron chi connectivity index (χ1n) is 7.29. The number of amides is 1. The van der Waals surface area contributed by atoms with Gasteiger partial charge in [-0.25, -0.2) is 5.43 Å². The van der Waals surface area contributed by atoms with Gasteiger partial charge in [0.2, 0.25) is 5.75 Å². The molecule has 0 fully saturated rings. The van der Waals surface area contributed by atoms with Gasteiger partial charge in [-0.1, -0.05) is 0 Å². The largest absolute Gasteiger partial charge is 0.504 e. The number of carbonyl (C=O) groups excluding carboxylic acids is 1. The molecule has 0 aliphatic heterocycles. The van der Waals surface area contributed by atoms with Crippen molar-refractivity contribution in [3.05, 3.63) is 35.4 Å². The first-order chi connectivity index (χ1) is 12.4. The Morgan fingerprint density at radius 1 is 0.962 bits per heavy atom. The number of hydrazone groups is 1. The number of hydrogen-bond donors (Lipinski definition) is 4. The molecule has 0 aliphatic rings. The number of aromatic hydroxyl groups is 3. The van der Waals surface area contributed by atoms with E-state index >= 15 is 0 Å². The maximum Gasteiger partial charge on any atom is 0.271 e. The minimum Gasteiger partial charge on any atom is -0.504 e. The molecule has 0 bridgehead atoms. The zero-order valence-corrected chi connectivity index (χ0v) is 14.3. The van der Waals surface area contributed by atoms with Crippen LogP contribution in [0.4, 0.5) is 0 Å². The lowest BCUT2D eigenvalue weighted by molar-refractivity contribution is 0.0954. The molecular formula is C17H18N2O7. The molecule has 4 N–H and O–H groups in total. The second-order valence-electron chi connectivity index (χ2n) is 5.02. The van der Waals surface area contributed by atoms with Crippen molar-refractivity contribution in [1.82, 2.24) is 5.43 Å². The molecule has 2 aromatic carbocycles. The average molecular weight is 362 g/mol. The third-order valence-corrected chi connectivity index (χ3v) is 3.40. The van der Waals surface area contributed by atoms with E-state index in [1.165, 1.54) is 27.5 Å². The molecular weight excluding hydrogens is 344 g/mol. The Labute approximate surface area is 149 Å². The summed E-state index contributed by atoms with van der Waals surface area (Å²) in [5.41, 5.74) is 2.72. The van der Waals surface area contributed by atoms with Gasteiger partial charge in [0.1, 0.15) is 0 Å². The molecule has 0 atom stereocenters. The summed E-state index contributed by atoms with van der Waals surface area (Å²) in [6.45, 7) is 0. The highest BCUT2D eigenvalue weighted by Gasteiger charge is 2.14. The highest BCUT2D eigenvalue weighted by Crippen LogP contribution is 2.38. The Balaban J connectivity index is 2.19. The number of phenolic OH excluding ortho intramolecular Hbond substituents is 3. The van der Waals surface area contributed by atoms with Crippen LogP contribution in [0.1, 0.15) is 15.9 Å². The molecule has 0 saturated heterocycles. The van der Waals surface area contributed by atoms with Gasteiger partial charge < -0.3 is 29.5 Å². The van der Waals surface area contributed by atoms with Gasteiger partial charge in [-0.2, -0.15) is 5.10 Å². The van der Waals surface area contributed by atoms with E-state index in [4.69, 9.17) is 14.2 Å². The van der Waals surface area contributed by atoms with Gasteiger partial charge in [0.05, 0.1) is 27.5 Å². The van der Waals surface area contributed by atoms with Crippen LogP contribution in [0.2, 0.25) is 0 Å². The number of phenols is 3. The lowest BCUT2D eigenvalue weighted by Gasteiger charge is -2.12. The highest BCUT2D eigenvalue weighted by molar-refractivity contribution is 5.96. The molecule has 2 rings (SSSR count). The van der Waals surface area contributed by atoms with Crippen LogP contribution < -0.4 is 19.6 Å². The van der Waals surface area contributed by atoms with Crippen LogP contribution in [0, 0.1) is 0 Å². The van der Waals surface area contributed by atoms with Gasteiger partial charge >= 0.3 is 0 Å². The monoisotopic (exact) mass is 362 g/mol. The van der Waals surface area contributed by atoms with E-state index < -0.39 is 23.2 Å². The number of methoxy groups -OCH3 is 3. The maximum atomic E-state index is 12.0. The van der Waals surface area contributed by atoms with Crippen molar-refractivity contribution in [3.8, 4) is 34.5 Å². The van der Waals surface area contributed by atoms with Crippen LogP contribution in [0.3, 0.4) is 0 Å². The Hall–Kier alpha value is -3.62. The van der Waals surface area contributed by atoms with Gasteiger partial charge in [0.25, 0.3) is 5.91 Å². The number of ether oxygens (including phenoxy) is 3. The van der Waals surface area contributed by atoms with Gasteiger partial charge in [0, 0.05) is 11.1 Å². The van der Waals surface area contributed by atoms with Crippen molar-refractivity contribution < 1.29 is 34.3 Å². The standard InChI is InChI=1S/C17H18N2O7/c1-24-13-4-9(5-14(25-2)16(13)26-3)8-18-19-17(23)10-6-11(20)15(22)12(21)7-10/h4-8,20-22H,1-3H3,(H,19,23)/b18-8-. The van der Waals surface area contributed by atoms with Crippen LogP contribution in [-0.2, 0) is 0 Å². The van der Waals surface area contributed by atoms with E-state index in [9.17, 15) is 20.1 Å². The Bertz CT molecular complexity index is 801. The number of carbonyl (C=O) groups is 1. The van der Waals surface area contributed by atoms with Crippen molar-refractivity contribution in [3.63, 3.8) is 0 Å². The quantitative estimate of drug-likeness (QED) is 0.349. The second kappa shape index (κ2) is 7.97. The van der Waals surface area contributed by atoms with E-state index in [-0.39, 0.29) is 5.56 Å². The zero-order valence-electron chi connectivity index (χ0n) is 14.3. The molecule has 0 saturated carbocycles. The SMILES string of the molecule is COc1cc(/C=N\NC(=O)c2cc(O)c(O)c(O)c2)cc(OC)c1OC. The van der Waals surface area contributed by atoms with Crippen LogP contribution in [0.15, 0.2) is 29.4 Å². The minimum absolute atomic E-state index is 0.0835. The number of benzene rings is 2. The van der Waals surface area contributed by atoms with Gasteiger partial charge in [-0.15, -0.1) is 0 Å². The van der Waals surface area contributed by atoms with E-state index in [2.05, 4.69) is 10.5 Å². The smallest absolute Gasteiger partial charge is 0.271 e. The summed E-state index contributed by atoms with van der Waals surface area (Å²) < 4.78 is 15.7. The lowest BCUT2D eigenvalue weighted by atomic mass is 10.2. The summed E-state index contributed by atoms with van der Waals surface area (Å²) in [6, 6.07) is 5.27. The normalized spacial score (nSPS) is 10.6. The van der Waals surface area contributed by atoms with Crippen molar-refractivity contribution in [2.45, 2.75) is 0 Å². The Morgan fingerprint density at radius 2 is 1.50 bits per heavy atom. The third kappa shape index (κ3) is 3.89. The first kappa shape index (κ1) is 18.7. The predicted octanol–water partition coefficient (Wildman–Crippen LogP) is 1.59. The van der Waals surface area contributed by atoms with Crippen molar-refractivity contribution >= 4 is 12.1 Å². The molecule has 0 unspecified atom stereocenters. The average Bonchev–Trinajstić information content (AvgIpc) is 2.64. The summed E-state index contributed by atoms with van der Waals surface area (Å²) in [5, 5.41) is 31.9. The van der Waals surface area contributed by atoms with Gasteiger partial charge in [-0.05, 0) is 24.3 Å². The number of nitrogens with zero attached hydrogens (tertiary/aromatic N) is 1. The fourth-order valence-corrected chi connectivity index (χ4v) is 2.14. The number of nitrogens with one attached hydrogen (secondary N) is 1. The fraction of sp³-hybridized carbons (Fsp3) is 0.176. The van der Waals surface area contributed by atoms with Crippen molar-refractivity contribution in [2.75, 3.05) is 21.3 Å². The summed E-state index contributed by atoms with van der Waals surface area (Å²) in [5.74, 6) is -1.37. The summed E-state index contributed by atoms with van der Waals surface area (Å²) in [7, 11) is 4.43. The Kier molecular flexibility index (Phi) is 5.74. The van der Waals surface area contributed by atoms with Crippen molar-refractivity contribution in [1.29, 1.82) is 0 Å². The van der Waals surface area contributed by atoms with E-state index in [1.807, 2.05) is 0 Å². The predicted molar refractivity (Wildman–Crippen MR) is 92.6 cm³/mol. The maximum absolute atomic E-state index is 12.0.